The summed E-state index contributed by atoms with van der Waals surface area (Å²) >= 11 is 0. The Morgan fingerprint density at radius 3 is 2.57 bits per heavy atom. The van der Waals surface area contributed by atoms with Crippen LogP contribution in [0, 0.1) is 28.6 Å². The predicted molar refractivity (Wildman–Crippen MR) is 105 cm³/mol. The van der Waals surface area contributed by atoms with Crippen LogP contribution in [0.3, 0.4) is 0 Å². The van der Waals surface area contributed by atoms with Crippen LogP contribution in [0.4, 0.5) is 0 Å². The van der Waals surface area contributed by atoms with Crippen molar-refractivity contribution in [3.63, 3.8) is 0 Å². The van der Waals surface area contributed by atoms with Gasteiger partial charge in [-0.1, -0.05) is 19.9 Å². The number of ether oxygens (including phenoxy) is 3. The third-order valence-electron chi connectivity index (χ3n) is 9.92. The van der Waals surface area contributed by atoms with E-state index in [2.05, 4.69) is 19.9 Å². The first-order valence-corrected chi connectivity index (χ1v) is 11.4. The summed E-state index contributed by atoms with van der Waals surface area (Å²) in [4.78, 5) is 12.5. The SMILES string of the molecule is CC(=O)[C@@]12O[C@@H]1CC1C3CC=C4C5OC(C)(C)OC5CCC4(C)C3CCC12C. The Balaban J connectivity index is 1.36. The average molecular weight is 387 g/mol. The normalized spacial score (nSPS) is 58.0. The highest BCUT2D eigenvalue weighted by molar-refractivity contribution is 5.90. The Kier molecular flexibility index (Phi) is 3.31. The van der Waals surface area contributed by atoms with Gasteiger partial charge in [-0.3, -0.25) is 4.79 Å². The number of allylic oxidation sites excluding steroid dienone is 1. The van der Waals surface area contributed by atoms with Crippen LogP contribution in [0.15, 0.2) is 11.6 Å². The molecule has 6 aliphatic rings. The second kappa shape index (κ2) is 5.12. The number of ketones is 1. The maximum Gasteiger partial charge on any atom is 0.164 e. The van der Waals surface area contributed by atoms with Crippen molar-refractivity contribution in [1.82, 2.24) is 0 Å². The van der Waals surface area contributed by atoms with E-state index >= 15 is 0 Å². The second-order valence-corrected chi connectivity index (χ2v) is 11.4. The third-order valence-corrected chi connectivity index (χ3v) is 9.92. The fourth-order valence-corrected chi connectivity index (χ4v) is 8.71. The summed E-state index contributed by atoms with van der Waals surface area (Å²) in [5.41, 5.74) is 1.29. The van der Waals surface area contributed by atoms with Crippen LogP contribution in [0.1, 0.15) is 73.1 Å². The Morgan fingerprint density at radius 1 is 1.04 bits per heavy atom. The first kappa shape index (κ1) is 18.1. The summed E-state index contributed by atoms with van der Waals surface area (Å²) in [5, 5.41) is 0. The van der Waals surface area contributed by atoms with E-state index in [1.807, 2.05) is 13.8 Å². The zero-order chi connectivity index (χ0) is 19.7. The third kappa shape index (κ3) is 1.91. The smallest absolute Gasteiger partial charge is 0.164 e. The van der Waals surface area contributed by atoms with E-state index in [4.69, 9.17) is 14.2 Å². The molecule has 5 fully saturated rings. The molecule has 4 nitrogen and oxygen atoms in total. The maximum atomic E-state index is 12.5. The van der Waals surface area contributed by atoms with Crippen molar-refractivity contribution >= 4 is 5.78 Å². The largest absolute Gasteiger partial charge is 0.357 e. The summed E-state index contributed by atoms with van der Waals surface area (Å²) in [6.45, 7) is 10.7. The molecule has 0 radical (unpaired) electrons. The van der Waals surface area contributed by atoms with Crippen molar-refractivity contribution in [2.75, 3.05) is 0 Å². The number of hydrogen-bond donors (Lipinski definition) is 0. The first-order chi connectivity index (χ1) is 13.1. The fraction of sp³-hybridized carbons (Fsp3) is 0.875. The van der Waals surface area contributed by atoms with E-state index in [1.165, 1.54) is 18.4 Å². The van der Waals surface area contributed by atoms with Crippen LogP contribution in [-0.4, -0.2) is 35.5 Å². The number of Topliss-reactive ketones (excluding diaryl/α,β-unsaturated/α-hetero) is 1. The molecule has 0 spiro atoms. The van der Waals surface area contributed by atoms with Crippen molar-refractivity contribution in [3.05, 3.63) is 11.6 Å². The van der Waals surface area contributed by atoms with Gasteiger partial charge in [0.15, 0.2) is 17.2 Å². The fourth-order valence-electron chi connectivity index (χ4n) is 8.71. The van der Waals surface area contributed by atoms with Gasteiger partial charge in [0, 0.05) is 5.41 Å². The molecule has 3 saturated carbocycles. The Morgan fingerprint density at radius 2 is 1.82 bits per heavy atom. The number of fused-ring (bicyclic) bond motifs is 9. The van der Waals surface area contributed by atoms with E-state index in [-0.39, 0.29) is 34.9 Å². The van der Waals surface area contributed by atoms with Gasteiger partial charge in [0.25, 0.3) is 0 Å². The molecule has 7 unspecified atom stereocenters. The molecule has 2 heterocycles. The molecule has 4 heteroatoms. The van der Waals surface area contributed by atoms with Crippen LogP contribution in [-0.2, 0) is 19.0 Å². The summed E-state index contributed by atoms with van der Waals surface area (Å²) in [6, 6.07) is 0. The second-order valence-electron chi connectivity index (χ2n) is 11.4. The lowest BCUT2D eigenvalue weighted by Crippen LogP contribution is -2.55. The quantitative estimate of drug-likeness (QED) is 0.495. The molecule has 154 valence electrons. The highest BCUT2D eigenvalue weighted by Gasteiger charge is 2.79. The highest BCUT2D eigenvalue weighted by Crippen LogP contribution is 2.73. The molecule has 9 atom stereocenters. The van der Waals surface area contributed by atoms with Crippen molar-refractivity contribution in [1.29, 1.82) is 0 Å². The van der Waals surface area contributed by atoms with Gasteiger partial charge in [-0.2, -0.15) is 0 Å². The lowest BCUT2D eigenvalue weighted by atomic mass is 9.46. The molecule has 0 N–H and O–H groups in total. The van der Waals surface area contributed by atoms with Crippen molar-refractivity contribution in [2.45, 2.75) is 103 Å². The van der Waals surface area contributed by atoms with Gasteiger partial charge in [0.2, 0.25) is 0 Å². The van der Waals surface area contributed by atoms with E-state index in [0.717, 1.165) is 25.7 Å². The molecule has 0 bridgehead atoms. The number of carbonyl (C=O) groups excluding carboxylic acids is 1. The van der Waals surface area contributed by atoms with E-state index in [1.54, 1.807) is 6.92 Å². The lowest BCUT2D eigenvalue weighted by molar-refractivity contribution is -0.143. The average Bonchev–Trinajstić information content (AvgIpc) is 3.19. The lowest BCUT2D eigenvalue weighted by Gasteiger charge is -2.58. The van der Waals surface area contributed by atoms with Crippen molar-refractivity contribution in [3.8, 4) is 0 Å². The van der Waals surface area contributed by atoms with Crippen LogP contribution in [0.25, 0.3) is 0 Å². The zero-order valence-electron chi connectivity index (χ0n) is 17.9. The number of hydrogen-bond acceptors (Lipinski definition) is 4. The van der Waals surface area contributed by atoms with Crippen LogP contribution >= 0.6 is 0 Å². The molecular formula is C24H34O4. The van der Waals surface area contributed by atoms with Crippen LogP contribution in [0.5, 0.6) is 0 Å². The standard InChI is InChI=1S/C24H34O4/c1-13(25)24-19(27-24)12-17-14-6-7-16-20-18(26-21(2,3)28-20)9-10-22(16,4)15(14)8-11-23(17,24)5/h7,14-15,17-20H,6,8-12H2,1-5H3/t14?,15?,17?,18?,19-,20?,22?,23?,24-/m1/s1. The maximum absolute atomic E-state index is 12.5. The molecular weight excluding hydrogens is 352 g/mol. The molecule has 0 amide bonds. The Hall–Kier alpha value is -0.710. The molecule has 0 aromatic carbocycles. The Bertz CT molecular complexity index is 785. The number of rotatable bonds is 1. The van der Waals surface area contributed by atoms with Crippen molar-refractivity contribution in [2.24, 2.45) is 28.6 Å². The highest BCUT2D eigenvalue weighted by atomic mass is 16.8. The minimum Gasteiger partial charge on any atom is -0.357 e. The molecule has 28 heavy (non-hydrogen) atoms. The van der Waals surface area contributed by atoms with Gasteiger partial charge in [0.05, 0.1) is 12.2 Å². The van der Waals surface area contributed by atoms with E-state index < -0.39 is 11.4 Å². The zero-order valence-corrected chi connectivity index (χ0v) is 17.9. The minimum absolute atomic E-state index is 0.0263. The van der Waals surface area contributed by atoms with Crippen LogP contribution < -0.4 is 0 Å². The summed E-state index contributed by atoms with van der Waals surface area (Å²) in [5.74, 6) is 1.77. The van der Waals surface area contributed by atoms with Gasteiger partial charge in [-0.05, 0) is 88.0 Å². The van der Waals surface area contributed by atoms with Gasteiger partial charge in [-0.15, -0.1) is 0 Å². The summed E-state index contributed by atoms with van der Waals surface area (Å²) in [7, 11) is 0. The molecule has 4 aliphatic carbocycles. The predicted octanol–water partition coefficient (Wildman–Crippen LogP) is 4.42. The first-order valence-electron chi connectivity index (χ1n) is 11.4. The monoisotopic (exact) mass is 386 g/mol. The summed E-state index contributed by atoms with van der Waals surface area (Å²) < 4.78 is 18.7. The molecule has 6 rings (SSSR count). The molecule has 0 aromatic rings. The minimum atomic E-state index is -0.471. The molecule has 0 aromatic heterocycles. The van der Waals surface area contributed by atoms with E-state index in [9.17, 15) is 4.79 Å². The number of epoxide rings is 1. The van der Waals surface area contributed by atoms with Crippen molar-refractivity contribution < 1.29 is 19.0 Å². The summed E-state index contributed by atoms with van der Waals surface area (Å²) in [6.07, 6.45) is 9.86. The van der Waals surface area contributed by atoms with Crippen LogP contribution in [0.2, 0.25) is 0 Å². The number of carbonyl (C=O) groups is 1. The molecule has 2 aliphatic heterocycles. The van der Waals surface area contributed by atoms with E-state index in [0.29, 0.717) is 17.8 Å². The molecule has 2 saturated heterocycles. The van der Waals surface area contributed by atoms with Gasteiger partial charge in [-0.25, -0.2) is 0 Å². The van der Waals surface area contributed by atoms with Gasteiger partial charge in [0.1, 0.15) is 6.10 Å². The van der Waals surface area contributed by atoms with Gasteiger partial charge < -0.3 is 14.2 Å². The Labute approximate surface area is 168 Å². The topological polar surface area (TPSA) is 48.1 Å². The van der Waals surface area contributed by atoms with Gasteiger partial charge >= 0.3 is 0 Å².